The number of aryl methyl sites for hydroxylation is 1. The molecule has 0 saturated carbocycles. The van der Waals surface area contributed by atoms with Gasteiger partial charge in [-0.05, 0) is 44.0 Å². The molecule has 130 valence electrons. The van der Waals surface area contributed by atoms with Crippen LogP contribution in [0.25, 0.3) is 5.78 Å². The van der Waals surface area contributed by atoms with Crippen molar-refractivity contribution in [1.29, 1.82) is 0 Å². The first kappa shape index (κ1) is 17.7. The molecule has 0 saturated heterocycles. The maximum atomic E-state index is 12.6. The fraction of sp³-hybridized carbons (Fsp3) is 0.368. The van der Waals surface area contributed by atoms with Gasteiger partial charge in [0, 0.05) is 19.5 Å². The largest absolute Gasteiger partial charge is 0.293 e. The second kappa shape index (κ2) is 7.01. The van der Waals surface area contributed by atoms with E-state index in [1.807, 2.05) is 6.92 Å². The molecule has 2 unspecified atom stereocenters. The van der Waals surface area contributed by atoms with Gasteiger partial charge < -0.3 is 0 Å². The Bertz CT molecular complexity index is 924. The van der Waals surface area contributed by atoms with Gasteiger partial charge in [0.05, 0.1) is 11.4 Å². The third kappa shape index (κ3) is 3.77. The molecule has 0 fully saturated rings. The highest BCUT2D eigenvalue weighted by Crippen LogP contribution is 2.29. The second-order valence-electron chi connectivity index (χ2n) is 6.66. The minimum Gasteiger partial charge on any atom is -0.293 e. The van der Waals surface area contributed by atoms with Crippen molar-refractivity contribution in [3.63, 3.8) is 0 Å². The number of aromatic nitrogens is 3. The van der Waals surface area contributed by atoms with E-state index >= 15 is 0 Å². The van der Waals surface area contributed by atoms with Crippen LogP contribution in [-0.4, -0.2) is 25.9 Å². The molecule has 1 aliphatic rings. The van der Waals surface area contributed by atoms with E-state index in [1.165, 1.54) is 17.8 Å². The van der Waals surface area contributed by atoms with Crippen molar-refractivity contribution in [2.24, 2.45) is 5.92 Å². The fourth-order valence-corrected chi connectivity index (χ4v) is 3.33. The van der Waals surface area contributed by atoms with Gasteiger partial charge >= 0.3 is 0 Å². The summed E-state index contributed by atoms with van der Waals surface area (Å²) in [4.78, 5) is 33.2. The van der Waals surface area contributed by atoms with E-state index in [1.54, 1.807) is 16.7 Å². The lowest BCUT2D eigenvalue weighted by Crippen LogP contribution is -2.12. The average Bonchev–Trinajstić information content (AvgIpc) is 2.94. The molecule has 2 aromatic heterocycles. The lowest BCUT2D eigenvalue weighted by Gasteiger charge is -2.18. The minimum atomic E-state index is -0.109. The molecule has 2 heterocycles. The lowest BCUT2D eigenvalue weighted by atomic mass is 9.90. The highest BCUT2D eigenvalue weighted by molar-refractivity contribution is 7.23. The Hall–Kier alpha value is -2.13. The summed E-state index contributed by atoms with van der Waals surface area (Å²) in [5.74, 6) is 0.621. The third-order valence-electron chi connectivity index (χ3n) is 4.56. The zero-order valence-corrected chi connectivity index (χ0v) is 15.9. The maximum absolute atomic E-state index is 12.6. The Morgan fingerprint density at radius 2 is 2.08 bits per heavy atom. The molecule has 2 aromatic rings. The predicted molar refractivity (Wildman–Crippen MR) is 101 cm³/mol. The number of imidazole rings is 1. The van der Waals surface area contributed by atoms with Crippen LogP contribution >= 0.6 is 9.24 Å². The molecule has 0 aliphatic heterocycles. The van der Waals surface area contributed by atoms with Gasteiger partial charge in [-0.3, -0.25) is 14.0 Å². The summed E-state index contributed by atoms with van der Waals surface area (Å²) in [7, 11) is 2.74. The first-order valence-electron chi connectivity index (χ1n) is 8.39. The zero-order chi connectivity index (χ0) is 18.1. The Morgan fingerprint density at radius 3 is 2.76 bits per heavy atom. The highest BCUT2D eigenvalue weighted by Gasteiger charge is 2.18. The Morgan fingerprint density at radius 1 is 1.32 bits per heavy atom. The van der Waals surface area contributed by atoms with E-state index in [4.69, 9.17) is 0 Å². The van der Waals surface area contributed by atoms with Crippen molar-refractivity contribution >= 4 is 26.6 Å². The number of hydrogen-bond donors (Lipinski definition) is 0. The van der Waals surface area contributed by atoms with Crippen molar-refractivity contribution in [3.8, 4) is 0 Å². The number of hydrogen-bond acceptors (Lipinski definition) is 4. The predicted octanol–water partition coefficient (Wildman–Crippen LogP) is 3.93. The van der Waals surface area contributed by atoms with Crippen LogP contribution < -0.4 is 0 Å². The number of fused-ring (bicyclic) bond motifs is 1. The van der Waals surface area contributed by atoms with Gasteiger partial charge in [-0.15, -0.1) is 9.24 Å². The monoisotopic (exact) mass is 355 g/mol. The average molecular weight is 355 g/mol. The maximum Gasteiger partial charge on any atom is 0.235 e. The lowest BCUT2D eigenvalue weighted by molar-refractivity contribution is 0.0971. The number of ketones is 2. The van der Waals surface area contributed by atoms with Gasteiger partial charge in [0.25, 0.3) is 0 Å². The number of nitrogens with zero attached hydrogens (tertiary/aromatic N) is 3. The van der Waals surface area contributed by atoms with Gasteiger partial charge in [0.1, 0.15) is 5.69 Å². The van der Waals surface area contributed by atoms with Crippen LogP contribution in [0.4, 0.5) is 0 Å². The fourth-order valence-electron chi connectivity index (χ4n) is 3.10. The van der Waals surface area contributed by atoms with Crippen molar-refractivity contribution in [2.45, 2.75) is 40.0 Å². The van der Waals surface area contributed by atoms with E-state index in [-0.39, 0.29) is 11.6 Å². The van der Waals surface area contributed by atoms with Crippen molar-refractivity contribution < 1.29 is 9.59 Å². The van der Waals surface area contributed by atoms with E-state index < -0.39 is 0 Å². The van der Waals surface area contributed by atoms with Gasteiger partial charge in [0.2, 0.25) is 5.78 Å². The van der Waals surface area contributed by atoms with Crippen molar-refractivity contribution in [1.82, 2.24) is 14.4 Å². The van der Waals surface area contributed by atoms with Crippen LogP contribution in [-0.2, 0) is 0 Å². The van der Waals surface area contributed by atoms with Crippen molar-refractivity contribution in [2.75, 3.05) is 0 Å². The number of rotatable bonds is 5. The molecular formula is C19H22N3O2P. The van der Waals surface area contributed by atoms with Gasteiger partial charge in [-0.1, -0.05) is 17.7 Å². The topological polar surface area (TPSA) is 64.3 Å². The second-order valence-corrected chi connectivity index (χ2v) is 7.28. The molecule has 6 heteroatoms. The van der Waals surface area contributed by atoms with Gasteiger partial charge in [-0.25, -0.2) is 9.97 Å². The summed E-state index contributed by atoms with van der Waals surface area (Å²) in [6, 6.07) is 1.58. The Balaban J connectivity index is 1.78. The number of carbonyl (C=O) groups is 2. The molecule has 0 amide bonds. The SMILES string of the molecule is CC(=O)c1cc(C(=O)CCC2C=CC(P)=C(C)C2)nc2nc(C)cn12. The summed E-state index contributed by atoms with van der Waals surface area (Å²) in [5.41, 5.74) is 2.87. The molecule has 2 atom stereocenters. The van der Waals surface area contributed by atoms with E-state index in [0.29, 0.717) is 29.5 Å². The smallest absolute Gasteiger partial charge is 0.235 e. The van der Waals surface area contributed by atoms with Crippen LogP contribution in [0.15, 0.2) is 35.3 Å². The van der Waals surface area contributed by atoms with E-state index in [2.05, 4.69) is 38.3 Å². The number of Topliss-reactive ketones (excluding diaryl/α,β-unsaturated/α-hetero) is 2. The molecule has 0 spiro atoms. The summed E-state index contributed by atoms with van der Waals surface area (Å²) in [5, 5.41) is 1.23. The van der Waals surface area contributed by atoms with Crippen LogP contribution in [0.2, 0.25) is 0 Å². The Labute approximate surface area is 149 Å². The molecular weight excluding hydrogens is 333 g/mol. The molecule has 3 rings (SSSR count). The van der Waals surface area contributed by atoms with Gasteiger partial charge in [-0.2, -0.15) is 0 Å². The summed E-state index contributed by atoms with van der Waals surface area (Å²) in [6.07, 6.45) is 8.19. The normalized spacial score (nSPS) is 17.4. The van der Waals surface area contributed by atoms with Gasteiger partial charge in [0.15, 0.2) is 11.6 Å². The molecule has 5 nitrogen and oxygen atoms in total. The van der Waals surface area contributed by atoms with Crippen LogP contribution in [0, 0.1) is 12.8 Å². The van der Waals surface area contributed by atoms with Crippen LogP contribution in [0.5, 0.6) is 0 Å². The summed E-state index contributed by atoms with van der Waals surface area (Å²) >= 11 is 0. The van der Waals surface area contributed by atoms with Crippen LogP contribution in [0.3, 0.4) is 0 Å². The third-order valence-corrected chi connectivity index (χ3v) is 5.24. The molecule has 0 aromatic carbocycles. The van der Waals surface area contributed by atoms with E-state index in [9.17, 15) is 9.59 Å². The molecule has 25 heavy (non-hydrogen) atoms. The summed E-state index contributed by atoms with van der Waals surface area (Å²) in [6.45, 7) is 5.45. The first-order chi connectivity index (χ1) is 11.8. The quantitative estimate of drug-likeness (QED) is 0.602. The summed E-state index contributed by atoms with van der Waals surface area (Å²) < 4.78 is 1.65. The highest BCUT2D eigenvalue weighted by atomic mass is 31.0. The van der Waals surface area contributed by atoms with Crippen LogP contribution in [0.1, 0.15) is 59.8 Å². The number of allylic oxidation sites excluding steroid dienone is 4. The molecule has 0 N–H and O–H groups in total. The first-order valence-corrected chi connectivity index (χ1v) is 8.97. The van der Waals surface area contributed by atoms with E-state index in [0.717, 1.165) is 18.5 Å². The molecule has 0 radical (unpaired) electrons. The minimum absolute atomic E-state index is 0.0441. The Kier molecular flexibility index (Phi) is 4.96. The zero-order valence-electron chi connectivity index (χ0n) is 14.7. The standard InChI is InChI=1S/C19H22N3O2P/c1-11-8-14(5-7-18(11)25)4-6-17(24)15-9-16(13(3)23)22-10-12(2)20-19(22)21-15/h5,7,9-10,14H,4,6,8,25H2,1-3H3. The number of carbonyl (C=O) groups excluding carboxylic acids is 2. The van der Waals surface area contributed by atoms with Crippen molar-refractivity contribution in [3.05, 3.63) is 52.4 Å². The molecule has 1 aliphatic carbocycles. The molecule has 0 bridgehead atoms.